The van der Waals surface area contributed by atoms with Crippen molar-refractivity contribution in [1.29, 1.82) is 0 Å². The Morgan fingerprint density at radius 1 is 1.14 bits per heavy atom. The molecule has 0 fully saturated rings. The summed E-state index contributed by atoms with van der Waals surface area (Å²) in [5.74, 6) is 0.171. The summed E-state index contributed by atoms with van der Waals surface area (Å²) in [6.07, 6.45) is 4.06. The molecule has 0 atom stereocenters. The van der Waals surface area contributed by atoms with Crippen LogP contribution >= 0.6 is 0 Å². The fraction of sp³-hybridized carbons (Fsp3) is 0.909. The molecule has 0 amide bonds. The number of hydrogen-bond acceptors (Lipinski definition) is 2. The minimum Gasteiger partial charge on any atom is -0.520 e. The van der Waals surface area contributed by atoms with Gasteiger partial charge in [0.2, 0.25) is 8.32 Å². The first kappa shape index (κ1) is 13.7. The minimum atomic E-state index is -1.69. The molecule has 0 radical (unpaired) electrons. The van der Waals surface area contributed by atoms with Crippen molar-refractivity contribution in [2.45, 2.75) is 59.2 Å². The smallest absolute Gasteiger partial charge is 0.295 e. The molecule has 0 aromatic carbocycles. The molecule has 0 bridgehead atoms. The van der Waals surface area contributed by atoms with Gasteiger partial charge in [0.25, 0.3) is 5.97 Å². The Balaban J connectivity index is 4.14. The van der Waals surface area contributed by atoms with Crippen molar-refractivity contribution >= 4 is 14.3 Å². The van der Waals surface area contributed by atoms with Gasteiger partial charge in [-0.1, -0.05) is 26.7 Å². The molecule has 3 heteroatoms. The lowest BCUT2D eigenvalue weighted by atomic mass is 9.99. The molecule has 0 aliphatic rings. The van der Waals surface area contributed by atoms with Crippen molar-refractivity contribution in [2.75, 3.05) is 0 Å². The Bertz CT molecular complexity index is 167. The van der Waals surface area contributed by atoms with Gasteiger partial charge in [0.1, 0.15) is 0 Å². The van der Waals surface area contributed by atoms with E-state index >= 15 is 0 Å². The van der Waals surface area contributed by atoms with E-state index in [4.69, 9.17) is 4.43 Å². The highest BCUT2D eigenvalue weighted by Gasteiger charge is 2.25. The standard InChI is InChI=1S/C11H24O2Si/c1-6-8-10(9-7-2)11(12)13-14(3,4)5/h10H,6-9H2,1-5H3. The minimum absolute atomic E-state index is 0.0351. The molecule has 2 nitrogen and oxygen atoms in total. The van der Waals surface area contributed by atoms with Crippen molar-refractivity contribution in [2.24, 2.45) is 5.92 Å². The van der Waals surface area contributed by atoms with E-state index in [2.05, 4.69) is 33.5 Å². The van der Waals surface area contributed by atoms with Crippen LogP contribution in [0.2, 0.25) is 19.6 Å². The highest BCUT2D eigenvalue weighted by molar-refractivity contribution is 6.71. The summed E-state index contributed by atoms with van der Waals surface area (Å²) in [6.45, 7) is 10.4. The molecule has 0 rings (SSSR count). The van der Waals surface area contributed by atoms with Gasteiger partial charge in [-0.25, -0.2) is 0 Å². The zero-order chi connectivity index (χ0) is 11.2. The van der Waals surface area contributed by atoms with Crippen molar-refractivity contribution < 1.29 is 9.22 Å². The van der Waals surface area contributed by atoms with Crippen molar-refractivity contribution in [3.05, 3.63) is 0 Å². The van der Waals surface area contributed by atoms with E-state index in [9.17, 15) is 4.79 Å². The molecule has 0 unspecified atom stereocenters. The first-order valence-electron chi connectivity index (χ1n) is 5.63. The molecule has 0 aliphatic carbocycles. The predicted octanol–water partition coefficient (Wildman–Crippen LogP) is 3.58. The molecule has 0 heterocycles. The van der Waals surface area contributed by atoms with Gasteiger partial charge in [-0.2, -0.15) is 0 Å². The molecule has 0 aromatic rings. The van der Waals surface area contributed by atoms with Gasteiger partial charge in [0.15, 0.2) is 0 Å². The topological polar surface area (TPSA) is 26.3 Å². The van der Waals surface area contributed by atoms with E-state index < -0.39 is 8.32 Å². The largest absolute Gasteiger partial charge is 0.520 e. The molecule has 0 aliphatic heterocycles. The molecule has 14 heavy (non-hydrogen) atoms. The van der Waals surface area contributed by atoms with Crippen LogP contribution in [0.5, 0.6) is 0 Å². The maximum atomic E-state index is 11.8. The number of hydrogen-bond donors (Lipinski definition) is 0. The molecule has 84 valence electrons. The maximum absolute atomic E-state index is 11.8. The third kappa shape index (κ3) is 6.19. The van der Waals surface area contributed by atoms with Gasteiger partial charge in [-0.05, 0) is 32.5 Å². The number of carbonyl (C=O) groups is 1. The van der Waals surface area contributed by atoms with Gasteiger partial charge < -0.3 is 4.43 Å². The van der Waals surface area contributed by atoms with Gasteiger partial charge in [-0.15, -0.1) is 0 Å². The van der Waals surface area contributed by atoms with E-state index in [1.807, 2.05) is 0 Å². The molecule has 0 N–H and O–H groups in total. The summed E-state index contributed by atoms with van der Waals surface area (Å²) < 4.78 is 5.50. The summed E-state index contributed by atoms with van der Waals surface area (Å²) in [5.41, 5.74) is 0. The Kier molecular flexibility index (Phi) is 6.08. The fourth-order valence-electron chi connectivity index (χ4n) is 1.46. The van der Waals surface area contributed by atoms with Crippen LogP contribution < -0.4 is 0 Å². The Hall–Kier alpha value is -0.313. The number of carbonyl (C=O) groups excluding carboxylic acids is 1. The second-order valence-electron chi connectivity index (χ2n) is 4.81. The van der Waals surface area contributed by atoms with Gasteiger partial charge in [0, 0.05) is 0 Å². The molecular weight excluding hydrogens is 192 g/mol. The summed E-state index contributed by atoms with van der Waals surface area (Å²) >= 11 is 0. The van der Waals surface area contributed by atoms with Crippen LogP contribution in [0.4, 0.5) is 0 Å². The lowest BCUT2D eigenvalue weighted by Gasteiger charge is -2.22. The lowest BCUT2D eigenvalue weighted by Crippen LogP contribution is -2.32. The van der Waals surface area contributed by atoms with Crippen molar-refractivity contribution in [3.8, 4) is 0 Å². The quantitative estimate of drug-likeness (QED) is 0.634. The van der Waals surface area contributed by atoms with Crippen LogP contribution in [0.1, 0.15) is 39.5 Å². The second-order valence-corrected chi connectivity index (χ2v) is 9.24. The normalized spacial score (nSPS) is 11.9. The lowest BCUT2D eigenvalue weighted by molar-refractivity contribution is -0.140. The Morgan fingerprint density at radius 2 is 1.57 bits per heavy atom. The van der Waals surface area contributed by atoms with E-state index in [0.717, 1.165) is 25.7 Å². The summed E-state index contributed by atoms with van der Waals surface area (Å²) in [6, 6.07) is 0. The van der Waals surface area contributed by atoms with E-state index in [1.165, 1.54) is 0 Å². The molecular formula is C11H24O2Si. The Labute approximate surface area is 89.2 Å². The zero-order valence-corrected chi connectivity index (χ0v) is 11.2. The van der Waals surface area contributed by atoms with E-state index in [0.29, 0.717) is 0 Å². The first-order valence-corrected chi connectivity index (χ1v) is 9.04. The van der Waals surface area contributed by atoms with Gasteiger partial charge in [-0.3, -0.25) is 4.79 Å². The van der Waals surface area contributed by atoms with E-state index in [-0.39, 0.29) is 11.9 Å². The maximum Gasteiger partial charge on any atom is 0.295 e. The van der Waals surface area contributed by atoms with Crippen LogP contribution in [0.25, 0.3) is 0 Å². The zero-order valence-electron chi connectivity index (χ0n) is 10.2. The SMILES string of the molecule is CCCC(CCC)C(=O)O[Si](C)(C)C. The summed E-state index contributed by atoms with van der Waals surface area (Å²) in [5, 5.41) is 0. The summed E-state index contributed by atoms with van der Waals surface area (Å²) in [4.78, 5) is 11.8. The van der Waals surface area contributed by atoms with Crippen LogP contribution in [0.3, 0.4) is 0 Å². The first-order chi connectivity index (χ1) is 6.40. The molecule has 0 aromatic heterocycles. The molecule has 0 spiro atoms. The fourth-order valence-corrected chi connectivity index (χ4v) is 2.23. The monoisotopic (exact) mass is 216 g/mol. The van der Waals surface area contributed by atoms with Crippen molar-refractivity contribution in [1.82, 2.24) is 0 Å². The third-order valence-electron chi connectivity index (χ3n) is 2.01. The second kappa shape index (κ2) is 6.22. The predicted molar refractivity (Wildman–Crippen MR) is 62.7 cm³/mol. The van der Waals surface area contributed by atoms with Crippen LogP contribution in [0.15, 0.2) is 0 Å². The van der Waals surface area contributed by atoms with E-state index in [1.54, 1.807) is 0 Å². The van der Waals surface area contributed by atoms with Gasteiger partial charge in [0.05, 0.1) is 5.92 Å². The molecule has 0 saturated carbocycles. The van der Waals surface area contributed by atoms with Crippen molar-refractivity contribution in [3.63, 3.8) is 0 Å². The summed E-state index contributed by atoms with van der Waals surface area (Å²) in [7, 11) is -1.69. The third-order valence-corrected chi connectivity index (χ3v) is 2.83. The highest BCUT2D eigenvalue weighted by Crippen LogP contribution is 2.17. The highest BCUT2D eigenvalue weighted by atomic mass is 28.4. The van der Waals surface area contributed by atoms with Crippen LogP contribution in [-0.2, 0) is 9.22 Å². The number of rotatable bonds is 6. The average molecular weight is 216 g/mol. The Morgan fingerprint density at radius 3 is 1.86 bits per heavy atom. The van der Waals surface area contributed by atoms with Crippen LogP contribution in [0, 0.1) is 5.92 Å². The molecule has 0 saturated heterocycles. The van der Waals surface area contributed by atoms with Gasteiger partial charge >= 0.3 is 0 Å². The van der Waals surface area contributed by atoms with Crippen LogP contribution in [-0.4, -0.2) is 14.3 Å². The average Bonchev–Trinajstić information content (AvgIpc) is 2.01.